The summed E-state index contributed by atoms with van der Waals surface area (Å²) in [4.78, 5) is 75.1. The lowest BCUT2D eigenvalue weighted by Crippen LogP contribution is -2.54. The average Bonchev–Trinajstić information content (AvgIpc) is 3.61. The van der Waals surface area contributed by atoms with Crippen LogP contribution >= 0.6 is 0 Å². The van der Waals surface area contributed by atoms with Gasteiger partial charge in [-0.25, -0.2) is 0 Å². The maximum atomic E-state index is 14.3. The van der Waals surface area contributed by atoms with Gasteiger partial charge in [-0.05, 0) is 62.3 Å². The minimum absolute atomic E-state index is 0.0167. The zero-order valence-corrected chi connectivity index (χ0v) is 36.5. The standard InChI is InChI=1S/C43H78N4O7/c1-15-29(6)39(45(12)41(51)31(27(2)3)24-35(49)38(44-11)28(4)5)36(53-13)26-37(50)47-23-19-20-33(47)40(54-14)30(7)34(48)25-32(43(8,9)10)42(52)46-21-17-16-18-22-46/h27-33,36,38-40,44H,15-26H2,1-14H3/t29-,30-,31-,32+,33-,36+,38-,39-,40+/m0/s1. The molecule has 11 heteroatoms. The SMILES string of the molecule is CC[C@H](C)[C@@H]([C@@H](CC(=O)N1CCC[C@H]1[C@H](OC)[C@@H](C)C(=O)C[C@H](C(=O)N1CCCCC1)C(C)(C)C)OC)N(C)C(=O)[C@@H](CC(=O)[C@@H](NC)C(C)C)C(C)C. The number of likely N-dealkylation sites (N-methyl/N-ethyl adjacent to an activating group) is 2. The molecule has 2 aliphatic heterocycles. The molecule has 2 aliphatic rings. The predicted molar refractivity (Wildman–Crippen MR) is 215 cm³/mol. The van der Waals surface area contributed by atoms with E-state index < -0.39 is 36.0 Å². The Morgan fingerprint density at radius 3 is 1.91 bits per heavy atom. The van der Waals surface area contributed by atoms with Crippen molar-refractivity contribution in [3.63, 3.8) is 0 Å². The second-order valence-corrected chi connectivity index (χ2v) is 18.1. The number of nitrogens with zero attached hydrogens (tertiary/aromatic N) is 3. The number of hydrogen-bond acceptors (Lipinski definition) is 8. The third-order valence-electron chi connectivity index (χ3n) is 12.6. The highest BCUT2D eigenvalue weighted by Crippen LogP contribution is 2.35. The highest BCUT2D eigenvalue weighted by molar-refractivity contribution is 5.90. The Labute approximate surface area is 328 Å². The van der Waals surface area contributed by atoms with Gasteiger partial charge in [-0.1, -0.05) is 75.7 Å². The molecule has 0 bridgehead atoms. The molecular formula is C43H78N4O7. The first-order valence-electron chi connectivity index (χ1n) is 20.9. The van der Waals surface area contributed by atoms with Gasteiger partial charge in [0.1, 0.15) is 5.78 Å². The van der Waals surface area contributed by atoms with Crippen molar-refractivity contribution in [2.45, 2.75) is 157 Å². The number of ketones is 2. The normalized spacial score (nSPS) is 21.3. The molecule has 3 amide bonds. The molecule has 2 rings (SSSR count). The average molecular weight is 763 g/mol. The van der Waals surface area contributed by atoms with E-state index in [1.54, 1.807) is 33.2 Å². The van der Waals surface area contributed by atoms with Crippen molar-refractivity contribution in [2.24, 2.45) is 40.9 Å². The van der Waals surface area contributed by atoms with Crippen molar-refractivity contribution in [3.8, 4) is 0 Å². The summed E-state index contributed by atoms with van der Waals surface area (Å²) in [5.41, 5.74) is -0.383. The van der Waals surface area contributed by atoms with E-state index in [1.807, 2.05) is 65.2 Å². The summed E-state index contributed by atoms with van der Waals surface area (Å²) in [6, 6.07) is -1.03. The molecule has 0 aromatic heterocycles. The molecule has 0 saturated carbocycles. The van der Waals surface area contributed by atoms with Gasteiger partial charge in [0.15, 0.2) is 5.78 Å². The van der Waals surface area contributed by atoms with Gasteiger partial charge in [0.2, 0.25) is 17.7 Å². The van der Waals surface area contributed by atoms with E-state index >= 15 is 0 Å². The van der Waals surface area contributed by atoms with E-state index in [9.17, 15) is 24.0 Å². The molecule has 2 fully saturated rings. The van der Waals surface area contributed by atoms with Crippen LogP contribution in [0.15, 0.2) is 0 Å². The van der Waals surface area contributed by atoms with Gasteiger partial charge in [-0.3, -0.25) is 24.0 Å². The second kappa shape index (κ2) is 21.8. The molecule has 2 saturated heterocycles. The largest absolute Gasteiger partial charge is 0.379 e. The second-order valence-electron chi connectivity index (χ2n) is 18.1. The smallest absolute Gasteiger partial charge is 0.226 e. The van der Waals surface area contributed by atoms with E-state index in [4.69, 9.17) is 9.47 Å². The van der Waals surface area contributed by atoms with Crippen LogP contribution in [0.25, 0.3) is 0 Å². The first-order valence-corrected chi connectivity index (χ1v) is 20.9. The topological polar surface area (TPSA) is 126 Å². The number of carbonyl (C=O) groups excluding carboxylic acids is 5. The quantitative estimate of drug-likeness (QED) is 0.151. The van der Waals surface area contributed by atoms with Crippen LogP contribution in [0.1, 0.15) is 127 Å². The van der Waals surface area contributed by atoms with E-state index in [2.05, 4.69) is 19.2 Å². The van der Waals surface area contributed by atoms with Gasteiger partial charge in [0.05, 0.1) is 36.8 Å². The molecule has 54 heavy (non-hydrogen) atoms. The van der Waals surface area contributed by atoms with Crippen LogP contribution in [-0.4, -0.2) is 122 Å². The van der Waals surface area contributed by atoms with Crippen molar-refractivity contribution in [3.05, 3.63) is 0 Å². The summed E-state index contributed by atoms with van der Waals surface area (Å²) in [7, 11) is 6.75. The lowest BCUT2D eigenvalue weighted by molar-refractivity contribution is -0.149. The molecule has 0 aromatic rings. The number of methoxy groups -OCH3 is 2. The fraction of sp³-hybridized carbons (Fsp3) is 0.884. The Balaban J connectivity index is 2.28. The minimum atomic E-state index is -0.583. The van der Waals surface area contributed by atoms with Crippen molar-refractivity contribution < 1.29 is 33.4 Å². The predicted octanol–water partition coefficient (Wildman–Crippen LogP) is 6.02. The molecule has 0 spiro atoms. The molecule has 1 N–H and O–H groups in total. The zero-order valence-electron chi connectivity index (χ0n) is 36.5. The molecular weight excluding hydrogens is 684 g/mol. The number of carbonyl (C=O) groups is 5. The Morgan fingerprint density at radius 2 is 1.43 bits per heavy atom. The molecule has 312 valence electrons. The van der Waals surface area contributed by atoms with Crippen LogP contribution in [-0.2, 0) is 33.4 Å². The summed E-state index contributed by atoms with van der Waals surface area (Å²) >= 11 is 0. The van der Waals surface area contributed by atoms with E-state index in [0.29, 0.717) is 13.0 Å². The Bertz CT molecular complexity index is 1230. The number of amides is 3. The number of ether oxygens (including phenoxy) is 2. The highest BCUT2D eigenvalue weighted by Gasteiger charge is 2.44. The third kappa shape index (κ3) is 12.3. The molecule has 9 atom stereocenters. The van der Waals surface area contributed by atoms with Gasteiger partial charge in [0, 0.05) is 71.5 Å². The van der Waals surface area contributed by atoms with Crippen LogP contribution in [0.5, 0.6) is 0 Å². The monoisotopic (exact) mass is 763 g/mol. The number of rotatable bonds is 21. The van der Waals surface area contributed by atoms with Gasteiger partial charge in [-0.15, -0.1) is 0 Å². The van der Waals surface area contributed by atoms with E-state index in [-0.39, 0.29) is 83.8 Å². The van der Waals surface area contributed by atoms with Gasteiger partial charge < -0.3 is 29.5 Å². The summed E-state index contributed by atoms with van der Waals surface area (Å²) < 4.78 is 12.1. The minimum Gasteiger partial charge on any atom is -0.379 e. The fourth-order valence-electron chi connectivity index (χ4n) is 8.91. The first-order chi connectivity index (χ1) is 25.3. The van der Waals surface area contributed by atoms with E-state index in [0.717, 1.165) is 45.2 Å². The number of hydrogen-bond donors (Lipinski definition) is 1. The number of likely N-dealkylation sites (tertiary alicyclic amines) is 2. The van der Waals surface area contributed by atoms with Crippen molar-refractivity contribution >= 4 is 29.3 Å². The number of Topliss-reactive ketones (excluding diaryl/α,β-unsaturated/α-hetero) is 2. The molecule has 0 radical (unpaired) electrons. The van der Waals surface area contributed by atoms with Crippen LogP contribution in [0.2, 0.25) is 0 Å². The zero-order chi connectivity index (χ0) is 41.1. The van der Waals surface area contributed by atoms with Crippen molar-refractivity contribution in [1.29, 1.82) is 0 Å². The third-order valence-corrected chi connectivity index (χ3v) is 12.6. The summed E-state index contributed by atoms with van der Waals surface area (Å²) in [6.45, 7) is 22.1. The molecule has 2 heterocycles. The summed E-state index contributed by atoms with van der Waals surface area (Å²) in [6.07, 6.45) is 4.61. The lowest BCUT2D eigenvalue weighted by Gasteiger charge is -2.41. The van der Waals surface area contributed by atoms with Crippen LogP contribution in [0, 0.1) is 40.9 Å². The first kappa shape index (κ1) is 47.8. The molecule has 0 unspecified atom stereocenters. The van der Waals surface area contributed by atoms with Crippen LogP contribution in [0.3, 0.4) is 0 Å². The van der Waals surface area contributed by atoms with E-state index in [1.165, 1.54) is 0 Å². The van der Waals surface area contributed by atoms with Gasteiger partial charge in [-0.2, -0.15) is 0 Å². The van der Waals surface area contributed by atoms with Crippen LogP contribution < -0.4 is 5.32 Å². The van der Waals surface area contributed by atoms with Gasteiger partial charge >= 0.3 is 0 Å². The van der Waals surface area contributed by atoms with Crippen LogP contribution in [0.4, 0.5) is 0 Å². The van der Waals surface area contributed by atoms with Crippen molar-refractivity contribution in [1.82, 2.24) is 20.0 Å². The number of nitrogens with one attached hydrogen (secondary N) is 1. The maximum absolute atomic E-state index is 14.3. The Hall–Kier alpha value is -2.37. The fourth-order valence-corrected chi connectivity index (χ4v) is 8.91. The summed E-state index contributed by atoms with van der Waals surface area (Å²) in [5, 5.41) is 3.12. The summed E-state index contributed by atoms with van der Waals surface area (Å²) in [5.74, 6) is -1.56. The Morgan fingerprint density at radius 1 is 0.815 bits per heavy atom. The molecule has 0 aromatic carbocycles. The van der Waals surface area contributed by atoms with Gasteiger partial charge in [0.25, 0.3) is 0 Å². The highest BCUT2D eigenvalue weighted by atomic mass is 16.5. The molecule has 0 aliphatic carbocycles. The number of piperidine rings is 1. The molecule has 11 nitrogen and oxygen atoms in total. The Kier molecular flexibility index (Phi) is 19.3. The van der Waals surface area contributed by atoms with Crippen molar-refractivity contribution in [2.75, 3.05) is 47.9 Å². The lowest BCUT2D eigenvalue weighted by atomic mass is 9.74. The maximum Gasteiger partial charge on any atom is 0.226 e.